The monoisotopic (exact) mass is 311 g/mol. The van der Waals surface area contributed by atoms with E-state index in [9.17, 15) is 0 Å². The van der Waals surface area contributed by atoms with E-state index in [1.165, 1.54) is 0 Å². The first kappa shape index (κ1) is 16.1. The van der Waals surface area contributed by atoms with Crippen LogP contribution in [0.1, 0.15) is 30.9 Å². The molecule has 0 saturated carbocycles. The Kier molecular flexibility index (Phi) is 5.85. The predicted molar refractivity (Wildman–Crippen MR) is 83.8 cm³/mol. The molecule has 0 aliphatic carbocycles. The van der Waals surface area contributed by atoms with Gasteiger partial charge in [-0.3, -0.25) is 0 Å². The standard InChI is InChI=1S/C15H22ClN3O2/c1-10(11-4-6-21-7-5-11)18-9-13-3-2-12(8-14(13)16)15(17)19-20/h2-3,8,10-11,18,20H,4-7,9H2,1H3,(H2,17,19). The molecule has 4 N–H and O–H groups in total. The summed E-state index contributed by atoms with van der Waals surface area (Å²) in [5.41, 5.74) is 7.17. The maximum absolute atomic E-state index is 8.67. The van der Waals surface area contributed by atoms with Crippen LogP contribution < -0.4 is 11.1 Å². The van der Waals surface area contributed by atoms with Crippen molar-refractivity contribution in [3.63, 3.8) is 0 Å². The lowest BCUT2D eigenvalue weighted by Crippen LogP contribution is -2.36. The molecule has 1 atom stereocenters. The van der Waals surface area contributed by atoms with Gasteiger partial charge in [0.25, 0.3) is 0 Å². The molecular formula is C15H22ClN3O2. The van der Waals surface area contributed by atoms with Crippen molar-refractivity contribution >= 4 is 17.4 Å². The highest BCUT2D eigenvalue weighted by Gasteiger charge is 2.20. The molecule has 0 spiro atoms. The number of amidine groups is 1. The molecule has 1 saturated heterocycles. The van der Waals surface area contributed by atoms with E-state index < -0.39 is 0 Å². The molecule has 1 aromatic carbocycles. The molecule has 1 heterocycles. The van der Waals surface area contributed by atoms with Crippen LogP contribution in [0.5, 0.6) is 0 Å². The lowest BCUT2D eigenvalue weighted by atomic mass is 9.93. The van der Waals surface area contributed by atoms with Gasteiger partial charge < -0.3 is 21.0 Å². The van der Waals surface area contributed by atoms with E-state index in [0.29, 0.717) is 29.1 Å². The zero-order valence-corrected chi connectivity index (χ0v) is 12.9. The molecule has 1 unspecified atom stereocenters. The average molecular weight is 312 g/mol. The summed E-state index contributed by atoms with van der Waals surface area (Å²) in [6.45, 7) is 4.61. The van der Waals surface area contributed by atoms with Crippen molar-refractivity contribution in [2.24, 2.45) is 16.8 Å². The molecule has 2 rings (SSSR count). The second kappa shape index (κ2) is 7.64. The fraction of sp³-hybridized carbons (Fsp3) is 0.533. The van der Waals surface area contributed by atoms with Gasteiger partial charge in [-0.2, -0.15) is 0 Å². The maximum Gasteiger partial charge on any atom is 0.170 e. The first-order valence-electron chi connectivity index (χ1n) is 7.19. The fourth-order valence-electron chi connectivity index (χ4n) is 2.56. The van der Waals surface area contributed by atoms with Crippen LogP contribution in [0.15, 0.2) is 23.4 Å². The minimum Gasteiger partial charge on any atom is -0.409 e. The van der Waals surface area contributed by atoms with E-state index in [0.717, 1.165) is 31.6 Å². The molecule has 6 heteroatoms. The molecule has 1 fully saturated rings. The Bertz CT molecular complexity index is 502. The number of nitrogens with zero attached hydrogens (tertiary/aromatic N) is 1. The van der Waals surface area contributed by atoms with Crippen molar-refractivity contribution in [2.45, 2.75) is 32.4 Å². The Morgan fingerprint density at radius 1 is 1.52 bits per heavy atom. The van der Waals surface area contributed by atoms with Crippen LogP contribution in [0.3, 0.4) is 0 Å². The van der Waals surface area contributed by atoms with Crippen molar-refractivity contribution in [2.75, 3.05) is 13.2 Å². The highest BCUT2D eigenvalue weighted by molar-refractivity contribution is 6.31. The number of oxime groups is 1. The molecule has 0 aromatic heterocycles. The van der Waals surface area contributed by atoms with Crippen LogP contribution in [0.2, 0.25) is 5.02 Å². The van der Waals surface area contributed by atoms with Crippen LogP contribution in [0.25, 0.3) is 0 Å². The summed E-state index contributed by atoms with van der Waals surface area (Å²) >= 11 is 6.25. The third-order valence-corrected chi connectivity index (χ3v) is 4.40. The van der Waals surface area contributed by atoms with Crippen molar-refractivity contribution in [1.29, 1.82) is 0 Å². The van der Waals surface area contributed by atoms with Crippen LogP contribution in [0, 0.1) is 5.92 Å². The Hall–Kier alpha value is -1.30. The summed E-state index contributed by atoms with van der Waals surface area (Å²) in [6.07, 6.45) is 2.20. The fourth-order valence-corrected chi connectivity index (χ4v) is 2.81. The van der Waals surface area contributed by atoms with E-state index in [4.69, 9.17) is 27.3 Å². The molecule has 0 bridgehead atoms. The minimum absolute atomic E-state index is 0.0620. The number of ether oxygens (including phenoxy) is 1. The Morgan fingerprint density at radius 3 is 2.86 bits per heavy atom. The van der Waals surface area contributed by atoms with Crippen molar-refractivity contribution < 1.29 is 9.94 Å². The Labute approximate surface area is 130 Å². The zero-order valence-electron chi connectivity index (χ0n) is 12.2. The van der Waals surface area contributed by atoms with Gasteiger partial charge in [0.1, 0.15) is 0 Å². The molecule has 21 heavy (non-hydrogen) atoms. The van der Waals surface area contributed by atoms with Gasteiger partial charge in [-0.1, -0.05) is 28.9 Å². The number of nitrogens with two attached hydrogens (primary N) is 1. The molecule has 1 aliphatic heterocycles. The van der Waals surface area contributed by atoms with Crippen molar-refractivity contribution in [1.82, 2.24) is 5.32 Å². The Balaban J connectivity index is 1.93. The number of benzene rings is 1. The van der Waals surface area contributed by atoms with Gasteiger partial charge in [0.15, 0.2) is 5.84 Å². The first-order valence-corrected chi connectivity index (χ1v) is 7.57. The molecular weight excluding hydrogens is 290 g/mol. The van der Waals surface area contributed by atoms with E-state index in [1.807, 2.05) is 6.07 Å². The summed E-state index contributed by atoms with van der Waals surface area (Å²) in [4.78, 5) is 0. The summed E-state index contributed by atoms with van der Waals surface area (Å²) in [6, 6.07) is 5.84. The number of hydrogen-bond donors (Lipinski definition) is 3. The highest BCUT2D eigenvalue weighted by atomic mass is 35.5. The van der Waals surface area contributed by atoms with Gasteiger partial charge in [0.2, 0.25) is 0 Å². The number of hydrogen-bond acceptors (Lipinski definition) is 4. The molecule has 1 aliphatic rings. The topological polar surface area (TPSA) is 79.9 Å². The molecule has 1 aromatic rings. The van der Waals surface area contributed by atoms with E-state index in [1.54, 1.807) is 12.1 Å². The summed E-state index contributed by atoms with van der Waals surface area (Å²) in [5.74, 6) is 0.709. The number of halogens is 1. The van der Waals surface area contributed by atoms with Crippen molar-refractivity contribution in [3.8, 4) is 0 Å². The van der Waals surface area contributed by atoms with E-state index in [2.05, 4.69) is 17.4 Å². The molecule has 5 nitrogen and oxygen atoms in total. The zero-order chi connectivity index (χ0) is 15.2. The quantitative estimate of drug-likeness (QED) is 0.337. The SMILES string of the molecule is CC(NCc1ccc(/C(N)=N/O)cc1Cl)C1CCOCC1. The largest absolute Gasteiger partial charge is 0.409 e. The van der Waals surface area contributed by atoms with Crippen molar-refractivity contribution in [3.05, 3.63) is 34.3 Å². The summed E-state index contributed by atoms with van der Waals surface area (Å²) in [5, 5.41) is 15.8. The van der Waals surface area contributed by atoms with Gasteiger partial charge in [-0.15, -0.1) is 0 Å². The molecule has 116 valence electrons. The van der Waals surface area contributed by atoms with E-state index in [-0.39, 0.29) is 5.84 Å². The Morgan fingerprint density at radius 2 is 2.24 bits per heavy atom. The van der Waals surface area contributed by atoms with Crippen LogP contribution in [0.4, 0.5) is 0 Å². The normalized spacial score (nSPS) is 18.7. The lowest BCUT2D eigenvalue weighted by molar-refractivity contribution is 0.0558. The lowest BCUT2D eigenvalue weighted by Gasteiger charge is -2.28. The first-order chi connectivity index (χ1) is 10.1. The summed E-state index contributed by atoms with van der Waals surface area (Å²) in [7, 11) is 0. The summed E-state index contributed by atoms with van der Waals surface area (Å²) < 4.78 is 5.39. The van der Waals surface area contributed by atoms with Gasteiger partial charge in [-0.25, -0.2) is 0 Å². The predicted octanol–water partition coefficient (Wildman–Crippen LogP) is 2.34. The second-order valence-corrected chi connectivity index (χ2v) is 5.82. The van der Waals surface area contributed by atoms with Crippen LogP contribution >= 0.6 is 11.6 Å². The number of nitrogens with one attached hydrogen (secondary N) is 1. The minimum atomic E-state index is 0.0620. The third-order valence-electron chi connectivity index (χ3n) is 4.04. The molecule has 0 radical (unpaired) electrons. The van der Waals surface area contributed by atoms with Crippen LogP contribution in [-0.4, -0.2) is 30.3 Å². The van der Waals surface area contributed by atoms with Gasteiger partial charge in [-0.05, 0) is 37.3 Å². The van der Waals surface area contributed by atoms with Gasteiger partial charge in [0, 0.05) is 36.4 Å². The number of rotatable bonds is 5. The highest BCUT2D eigenvalue weighted by Crippen LogP contribution is 2.21. The second-order valence-electron chi connectivity index (χ2n) is 5.41. The van der Waals surface area contributed by atoms with E-state index >= 15 is 0 Å². The smallest absolute Gasteiger partial charge is 0.170 e. The maximum atomic E-state index is 8.67. The molecule has 0 amide bonds. The van der Waals surface area contributed by atoms with Crippen LogP contribution in [-0.2, 0) is 11.3 Å². The van der Waals surface area contributed by atoms with Gasteiger partial charge in [0.05, 0.1) is 0 Å². The average Bonchev–Trinajstić information content (AvgIpc) is 2.53. The van der Waals surface area contributed by atoms with Gasteiger partial charge >= 0.3 is 0 Å². The third kappa shape index (κ3) is 4.33.